The molecule has 0 bridgehead atoms. The van der Waals surface area contributed by atoms with Crippen molar-refractivity contribution in [3.05, 3.63) is 59.7 Å². The zero-order chi connectivity index (χ0) is 20.5. The number of benzene rings is 2. The molecular formula is C23H31IN4O2. The molecule has 2 aromatic carbocycles. The average Bonchev–Trinajstić information content (AvgIpc) is 2.75. The monoisotopic (exact) mass is 522 g/mol. The third-order valence-electron chi connectivity index (χ3n) is 5.18. The molecule has 1 aliphatic carbocycles. The van der Waals surface area contributed by atoms with Crippen molar-refractivity contribution in [2.45, 2.75) is 45.3 Å². The predicted molar refractivity (Wildman–Crippen MR) is 133 cm³/mol. The van der Waals surface area contributed by atoms with Gasteiger partial charge >= 0.3 is 0 Å². The van der Waals surface area contributed by atoms with Crippen LogP contribution < -0.4 is 16.4 Å². The van der Waals surface area contributed by atoms with Gasteiger partial charge in [-0.25, -0.2) is 4.99 Å². The Balaban J connectivity index is 0.00000320. The number of halogens is 1. The topological polar surface area (TPSA) is 88.7 Å². The zero-order valence-corrected chi connectivity index (χ0v) is 19.7. The van der Waals surface area contributed by atoms with Gasteiger partial charge in [-0.3, -0.25) is 4.79 Å². The van der Waals surface area contributed by atoms with Crippen LogP contribution in [0.1, 0.15) is 43.2 Å². The fourth-order valence-electron chi connectivity index (χ4n) is 3.63. The van der Waals surface area contributed by atoms with Gasteiger partial charge < -0.3 is 21.1 Å². The lowest BCUT2D eigenvalue weighted by atomic mass is 9.88. The molecule has 1 aliphatic rings. The molecule has 4 N–H and O–H groups in total. The van der Waals surface area contributed by atoms with Crippen LogP contribution in [-0.2, 0) is 22.7 Å². The van der Waals surface area contributed by atoms with Crippen LogP contribution in [0.15, 0.2) is 53.5 Å². The quantitative estimate of drug-likeness (QED) is 0.274. The van der Waals surface area contributed by atoms with Gasteiger partial charge in [0.1, 0.15) is 0 Å². The van der Waals surface area contributed by atoms with Crippen molar-refractivity contribution < 1.29 is 9.53 Å². The molecule has 1 amide bonds. The number of nitrogens with two attached hydrogens (primary N) is 1. The maximum Gasteiger partial charge on any atom is 0.227 e. The normalized spacial score (nSPS) is 14.6. The van der Waals surface area contributed by atoms with Gasteiger partial charge in [-0.1, -0.05) is 49.6 Å². The summed E-state index contributed by atoms with van der Waals surface area (Å²) in [7, 11) is 1.66. The number of hydrogen-bond donors (Lipinski definition) is 3. The molecule has 0 radical (unpaired) electrons. The second-order valence-corrected chi connectivity index (χ2v) is 7.44. The number of carbonyl (C=O) groups excluding carboxylic acids is 1. The minimum Gasteiger partial charge on any atom is -0.380 e. The third-order valence-corrected chi connectivity index (χ3v) is 5.18. The minimum atomic E-state index is 0. The highest BCUT2D eigenvalue weighted by molar-refractivity contribution is 14.0. The molecule has 3 rings (SSSR count). The van der Waals surface area contributed by atoms with E-state index in [4.69, 9.17) is 10.5 Å². The van der Waals surface area contributed by atoms with Crippen molar-refractivity contribution in [1.29, 1.82) is 0 Å². The van der Waals surface area contributed by atoms with E-state index in [1.54, 1.807) is 7.11 Å². The Morgan fingerprint density at radius 1 is 1.10 bits per heavy atom. The van der Waals surface area contributed by atoms with E-state index in [9.17, 15) is 4.79 Å². The van der Waals surface area contributed by atoms with Crippen LogP contribution in [0.3, 0.4) is 0 Å². The number of carbonyl (C=O) groups is 1. The summed E-state index contributed by atoms with van der Waals surface area (Å²) in [4.78, 5) is 16.9. The molecule has 0 spiro atoms. The van der Waals surface area contributed by atoms with Crippen molar-refractivity contribution in [1.82, 2.24) is 0 Å². The Morgan fingerprint density at radius 3 is 2.63 bits per heavy atom. The van der Waals surface area contributed by atoms with Crippen LogP contribution in [0.25, 0.3) is 0 Å². The van der Waals surface area contributed by atoms with Crippen molar-refractivity contribution >= 4 is 47.2 Å². The Kier molecular flexibility index (Phi) is 10.1. The fraction of sp³-hybridized carbons (Fsp3) is 0.391. The minimum absolute atomic E-state index is 0. The number of amides is 1. The summed E-state index contributed by atoms with van der Waals surface area (Å²) in [5.74, 6) is 0.601. The summed E-state index contributed by atoms with van der Waals surface area (Å²) < 4.78 is 5.21. The maximum absolute atomic E-state index is 12.5. The molecule has 30 heavy (non-hydrogen) atoms. The van der Waals surface area contributed by atoms with Crippen LogP contribution >= 0.6 is 24.0 Å². The van der Waals surface area contributed by atoms with Crippen LogP contribution in [0, 0.1) is 5.92 Å². The first kappa shape index (κ1) is 24.1. The SMILES string of the molecule is COCc1ccccc1NC(N)=NCc1cccc(NC(=O)C2CCCCC2)c1.I. The van der Waals surface area contributed by atoms with Crippen LogP contribution in [0.4, 0.5) is 11.4 Å². The molecule has 0 aromatic heterocycles. The van der Waals surface area contributed by atoms with Crippen molar-refractivity contribution in [3.8, 4) is 0 Å². The molecule has 0 unspecified atom stereocenters. The molecule has 162 valence electrons. The summed E-state index contributed by atoms with van der Waals surface area (Å²) in [6, 6.07) is 15.6. The summed E-state index contributed by atoms with van der Waals surface area (Å²) >= 11 is 0. The second-order valence-electron chi connectivity index (χ2n) is 7.44. The average molecular weight is 522 g/mol. The molecule has 0 atom stereocenters. The molecule has 6 nitrogen and oxygen atoms in total. The summed E-state index contributed by atoms with van der Waals surface area (Å²) in [5, 5.41) is 6.19. The number of rotatable bonds is 7. The number of anilines is 2. The summed E-state index contributed by atoms with van der Waals surface area (Å²) in [6.07, 6.45) is 5.51. The number of hydrogen-bond acceptors (Lipinski definition) is 3. The summed E-state index contributed by atoms with van der Waals surface area (Å²) in [6.45, 7) is 0.928. The maximum atomic E-state index is 12.5. The van der Waals surface area contributed by atoms with Gasteiger partial charge in [0.05, 0.1) is 13.2 Å². The first-order chi connectivity index (χ1) is 14.2. The Morgan fingerprint density at radius 2 is 1.87 bits per heavy atom. The predicted octanol–water partition coefficient (Wildman–Crippen LogP) is 4.90. The van der Waals surface area contributed by atoms with Gasteiger partial charge in [-0.05, 0) is 36.6 Å². The molecule has 0 aliphatic heterocycles. The Bertz CT molecular complexity index is 851. The lowest BCUT2D eigenvalue weighted by Gasteiger charge is -2.20. The zero-order valence-electron chi connectivity index (χ0n) is 17.4. The van der Waals surface area contributed by atoms with Gasteiger partial charge in [-0.2, -0.15) is 0 Å². The van der Waals surface area contributed by atoms with E-state index in [1.807, 2.05) is 48.5 Å². The number of nitrogens with one attached hydrogen (secondary N) is 2. The van der Waals surface area contributed by atoms with Gasteiger partial charge in [0, 0.05) is 30.0 Å². The molecule has 1 fully saturated rings. The van der Waals surface area contributed by atoms with E-state index in [0.29, 0.717) is 19.1 Å². The number of methoxy groups -OCH3 is 1. The van der Waals surface area contributed by atoms with Gasteiger partial charge in [0.2, 0.25) is 5.91 Å². The van der Waals surface area contributed by atoms with E-state index in [1.165, 1.54) is 6.42 Å². The first-order valence-corrected chi connectivity index (χ1v) is 10.2. The van der Waals surface area contributed by atoms with Crippen molar-refractivity contribution in [2.24, 2.45) is 16.6 Å². The first-order valence-electron chi connectivity index (χ1n) is 10.2. The van der Waals surface area contributed by atoms with Crippen molar-refractivity contribution in [3.63, 3.8) is 0 Å². The number of guanidine groups is 1. The standard InChI is InChI=1S/C23H30N4O2.HI/c1-29-16-19-11-5-6-13-21(19)27-23(24)25-15-17-8-7-12-20(14-17)26-22(28)18-9-3-2-4-10-18;/h5-8,11-14,18H,2-4,9-10,15-16H2,1H3,(H,26,28)(H3,24,25,27);1H. The van der Waals surface area contributed by atoms with E-state index in [2.05, 4.69) is 15.6 Å². The summed E-state index contributed by atoms with van der Waals surface area (Å²) in [5.41, 5.74) is 9.75. The van der Waals surface area contributed by atoms with Gasteiger partial charge in [-0.15, -0.1) is 24.0 Å². The van der Waals surface area contributed by atoms with Gasteiger partial charge in [0.25, 0.3) is 0 Å². The molecule has 1 saturated carbocycles. The highest BCUT2D eigenvalue weighted by Crippen LogP contribution is 2.25. The largest absolute Gasteiger partial charge is 0.380 e. The molecule has 0 saturated heterocycles. The fourth-order valence-corrected chi connectivity index (χ4v) is 3.63. The highest BCUT2D eigenvalue weighted by Gasteiger charge is 2.20. The number of ether oxygens (including phenoxy) is 1. The molecule has 0 heterocycles. The number of para-hydroxylation sites is 1. The van der Waals surface area contributed by atoms with E-state index < -0.39 is 0 Å². The number of nitrogens with zero attached hydrogens (tertiary/aromatic N) is 1. The number of aliphatic imine (C=N–C) groups is 1. The lowest BCUT2D eigenvalue weighted by molar-refractivity contribution is -0.120. The van der Waals surface area contributed by atoms with Gasteiger partial charge in [0.15, 0.2) is 5.96 Å². The molecular weight excluding hydrogens is 491 g/mol. The third kappa shape index (κ3) is 7.28. The second kappa shape index (κ2) is 12.5. The van der Waals surface area contributed by atoms with Crippen LogP contribution in [0.5, 0.6) is 0 Å². The van der Waals surface area contributed by atoms with Crippen molar-refractivity contribution in [2.75, 3.05) is 17.7 Å². The lowest BCUT2D eigenvalue weighted by Crippen LogP contribution is -2.24. The van der Waals surface area contributed by atoms with E-state index >= 15 is 0 Å². The van der Waals surface area contributed by atoms with E-state index in [0.717, 1.165) is 48.2 Å². The Hall–Kier alpha value is -2.13. The van der Waals surface area contributed by atoms with Crippen LogP contribution in [0.2, 0.25) is 0 Å². The highest BCUT2D eigenvalue weighted by atomic mass is 127. The van der Waals surface area contributed by atoms with E-state index in [-0.39, 0.29) is 35.8 Å². The van der Waals surface area contributed by atoms with Crippen LogP contribution in [-0.4, -0.2) is 19.0 Å². The Labute approximate surface area is 195 Å². The smallest absolute Gasteiger partial charge is 0.227 e. The molecule has 2 aromatic rings. The molecule has 7 heteroatoms.